The van der Waals surface area contributed by atoms with Gasteiger partial charge in [-0.2, -0.15) is 0 Å². The maximum absolute atomic E-state index is 12.3. The van der Waals surface area contributed by atoms with Gasteiger partial charge in [-0.3, -0.25) is 14.7 Å². The second-order valence-electron chi connectivity index (χ2n) is 5.08. The van der Waals surface area contributed by atoms with Crippen LogP contribution in [-0.4, -0.2) is 14.8 Å². The predicted octanol–water partition coefficient (Wildman–Crippen LogP) is 1.74. The summed E-state index contributed by atoms with van der Waals surface area (Å²) < 4.78 is 1.66. The molecule has 0 saturated heterocycles. The molecular weight excluding hydrogens is 280 g/mol. The molecule has 0 saturated carbocycles. The molecule has 4 rings (SSSR count). The van der Waals surface area contributed by atoms with Crippen LogP contribution >= 0.6 is 0 Å². The van der Waals surface area contributed by atoms with Crippen molar-refractivity contribution < 1.29 is 0 Å². The Morgan fingerprint density at radius 2 is 1.77 bits per heavy atom. The lowest BCUT2D eigenvalue weighted by atomic mass is 10.1. The number of para-hydroxylation sites is 1. The third-order valence-corrected chi connectivity index (χ3v) is 3.72. The number of benzene rings is 2. The van der Waals surface area contributed by atoms with Crippen LogP contribution < -0.4 is 16.7 Å². The minimum atomic E-state index is -0.323. The number of nitrogens with zero attached hydrogens (tertiary/aromatic N) is 1. The summed E-state index contributed by atoms with van der Waals surface area (Å²) in [7, 11) is 0. The molecule has 0 spiro atoms. The van der Waals surface area contributed by atoms with E-state index in [1.165, 1.54) is 12.1 Å². The van der Waals surface area contributed by atoms with Crippen molar-refractivity contribution in [2.75, 3.05) is 5.73 Å². The fourth-order valence-corrected chi connectivity index (χ4v) is 2.70. The van der Waals surface area contributed by atoms with Crippen molar-refractivity contribution in [2.45, 2.75) is 0 Å². The van der Waals surface area contributed by atoms with Gasteiger partial charge in [0.05, 0.1) is 16.7 Å². The predicted molar refractivity (Wildman–Crippen MR) is 86.4 cm³/mol. The zero-order valence-electron chi connectivity index (χ0n) is 11.5. The molecule has 4 aromatic rings. The molecule has 2 aromatic heterocycles. The summed E-state index contributed by atoms with van der Waals surface area (Å²) in [5, 5.41) is 4.28. The molecule has 0 aliphatic rings. The standard InChI is InChI=1S/C16H12N4O2/c17-15-13-14(19-20(15)9-4-2-1-3-5-9)11-7-6-10(21)8-12(11)18-16(13)22/h1-8,19H,17H2,(H,18,22). The van der Waals surface area contributed by atoms with Crippen molar-refractivity contribution in [1.29, 1.82) is 0 Å². The number of aromatic amines is 2. The molecule has 6 heteroatoms. The molecule has 2 heterocycles. The van der Waals surface area contributed by atoms with Crippen LogP contribution in [0.15, 0.2) is 58.1 Å². The van der Waals surface area contributed by atoms with Crippen LogP contribution in [0.25, 0.3) is 27.5 Å². The second kappa shape index (κ2) is 4.36. The van der Waals surface area contributed by atoms with Crippen LogP contribution in [0.2, 0.25) is 0 Å². The Labute approximate surface area is 123 Å². The number of aromatic nitrogens is 3. The summed E-state index contributed by atoms with van der Waals surface area (Å²) in [6, 6.07) is 14.0. The summed E-state index contributed by atoms with van der Waals surface area (Å²) in [5.41, 5.74) is 7.59. The number of nitrogens with two attached hydrogens (primary N) is 1. The molecule has 4 N–H and O–H groups in total. The van der Waals surface area contributed by atoms with E-state index in [0.29, 0.717) is 22.2 Å². The van der Waals surface area contributed by atoms with E-state index in [4.69, 9.17) is 5.73 Å². The first kappa shape index (κ1) is 12.5. The third kappa shape index (κ3) is 1.67. The van der Waals surface area contributed by atoms with Crippen LogP contribution in [0, 0.1) is 0 Å². The zero-order chi connectivity index (χ0) is 15.3. The van der Waals surface area contributed by atoms with E-state index in [2.05, 4.69) is 10.1 Å². The second-order valence-corrected chi connectivity index (χ2v) is 5.08. The van der Waals surface area contributed by atoms with Crippen molar-refractivity contribution in [1.82, 2.24) is 14.8 Å². The largest absolute Gasteiger partial charge is 0.383 e. The van der Waals surface area contributed by atoms with Crippen LogP contribution in [-0.2, 0) is 0 Å². The number of rotatable bonds is 1. The molecular formula is C16H12N4O2. The highest BCUT2D eigenvalue weighted by Crippen LogP contribution is 2.25. The summed E-state index contributed by atoms with van der Waals surface area (Å²) >= 11 is 0. The highest BCUT2D eigenvalue weighted by atomic mass is 16.1. The number of hydrogen-bond acceptors (Lipinski definition) is 3. The van der Waals surface area contributed by atoms with Crippen molar-refractivity contribution in [2.24, 2.45) is 0 Å². The van der Waals surface area contributed by atoms with Gasteiger partial charge in [-0.15, -0.1) is 0 Å². The summed E-state index contributed by atoms with van der Waals surface area (Å²) in [5.74, 6) is 0.329. The first-order valence-corrected chi connectivity index (χ1v) is 6.77. The molecule has 0 fully saturated rings. The van der Waals surface area contributed by atoms with Crippen molar-refractivity contribution in [3.05, 3.63) is 69.1 Å². The van der Waals surface area contributed by atoms with Gasteiger partial charge in [0, 0.05) is 11.5 Å². The van der Waals surface area contributed by atoms with Crippen LogP contribution in [0.3, 0.4) is 0 Å². The smallest absolute Gasteiger partial charge is 0.261 e. The van der Waals surface area contributed by atoms with Gasteiger partial charge in [0.1, 0.15) is 11.2 Å². The molecule has 0 bridgehead atoms. The fourth-order valence-electron chi connectivity index (χ4n) is 2.70. The summed E-state index contributed by atoms with van der Waals surface area (Å²) in [4.78, 5) is 26.5. The average Bonchev–Trinajstić information content (AvgIpc) is 2.86. The number of nitrogen functional groups attached to an aromatic ring is 1. The molecule has 22 heavy (non-hydrogen) atoms. The van der Waals surface area contributed by atoms with Crippen molar-refractivity contribution in [3.8, 4) is 5.69 Å². The van der Waals surface area contributed by atoms with Crippen LogP contribution in [0.1, 0.15) is 0 Å². The van der Waals surface area contributed by atoms with Gasteiger partial charge < -0.3 is 10.7 Å². The highest BCUT2D eigenvalue weighted by Gasteiger charge is 2.14. The normalized spacial score (nSPS) is 11.3. The molecule has 6 nitrogen and oxygen atoms in total. The first-order valence-electron chi connectivity index (χ1n) is 6.77. The number of H-pyrrole nitrogens is 2. The Kier molecular flexibility index (Phi) is 2.47. The minimum absolute atomic E-state index is 0.155. The lowest BCUT2D eigenvalue weighted by Gasteiger charge is -2.03. The van der Waals surface area contributed by atoms with Crippen LogP contribution in [0.4, 0.5) is 5.82 Å². The van der Waals surface area contributed by atoms with Gasteiger partial charge >= 0.3 is 0 Å². The summed E-state index contributed by atoms with van der Waals surface area (Å²) in [6.45, 7) is 0. The van der Waals surface area contributed by atoms with E-state index >= 15 is 0 Å². The quantitative estimate of drug-likeness (QED) is 0.498. The lowest BCUT2D eigenvalue weighted by Crippen LogP contribution is -2.09. The topological polar surface area (TPSA) is 96.7 Å². The molecule has 0 aliphatic heterocycles. The Balaban J connectivity index is 2.18. The molecule has 0 amide bonds. The molecule has 0 atom stereocenters. The van der Waals surface area contributed by atoms with E-state index in [-0.39, 0.29) is 11.0 Å². The maximum Gasteiger partial charge on any atom is 0.261 e. The Hall–Kier alpha value is -3.28. The average molecular weight is 292 g/mol. The monoisotopic (exact) mass is 292 g/mol. The van der Waals surface area contributed by atoms with Gasteiger partial charge in [0.2, 0.25) is 0 Å². The van der Waals surface area contributed by atoms with Crippen molar-refractivity contribution >= 4 is 27.6 Å². The highest BCUT2D eigenvalue weighted by molar-refractivity contribution is 6.06. The molecule has 0 aliphatic carbocycles. The van der Waals surface area contributed by atoms with E-state index in [1.54, 1.807) is 10.7 Å². The lowest BCUT2D eigenvalue weighted by molar-refractivity contribution is 0.909. The van der Waals surface area contributed by atoms with Crippen molar-refractivity contribution in [3.63, 3.8) is 0 Å². The van der Waals surface area contributed by atoms with E-state index < -0.39 is 0 Å². The molecule has 0 unspecified atom stereocenters. The molecule has 2 aromatic carbocycles. The molecule has 108 valence electrons. The number of pyridine rings is 1. The SMILES string of the molecule is Nc1c2c(=O)[nH]c3cc(=O)ccc3c2[nH]n1-c1ccccc1. The Morgan fingerprint density at radius 1 is 1.00 bits per heavy atom. The van der Waals surface area contributed by atoms with Crippen LogP contribution in [0.5, 0.6) is 0 Å². The number of fused-ring (bicyclic) bond motifs is 3. The van der Waals surface area contributed by atoms with E-state index in [1.807, 2.05) is 30.3 Å². The Morgan fingerprint density at radius 3 is 2.55 bits per heavy atom. The number of nitrogens with one attached hydrogen (secondary N) is 2. The van der Waals surface area contributed by atoms with Gasteiger partial charge in [-0.05, 0) is 24.3 Å². The minimum Gasteiger partial charge on any atom is -0.383 e. The zero-order valence-corrected chi connectivity index (χ0v) is 11.5. The van der Waals surface area contributed by atoms with E-state index in [9.17, 15) is 9.59 Å². The first-order chi connectivity index (χ1) is 10.6. The molecule has 0 radical (unpaired) electrons. The van der Waals surface area contributed by atoms with Gasteiger partial charge in [-0.25, -0.2) is 4.68 Å². The van der Waals surface area contributed by atoms with Gasteiger partial charge in [0.25, 0.3) is 5.56 Å². The van der Waals surface area contributed by atoms with Gasteiger partial charge in [-0.1, -0.05) is 18.2 Å². The third-order valence-electron chi connectivity index (χ3n) is 3.72. The summed E-state index contributed by atoms with van der Waals surface area (Å²) in [6.07, 6.45) is 0. The maximum atomic E-state index is 12.3. The number of hydrogen-bond donors (Lipinski definition) is 3. The Bertz CT molecular complexity index is 1120. The van der Waals surface area contributed by atoms with E-state index in [0.717, 1.165) is 11.1 Å². The van der Waals surface area contributed by atoms with Gasteiger partial charge in [0.15, 0.2) is 5.43 Å². The number of anilines is 1. The fraction of sp³-hybridized carbons (Fsp3) is 0.